The Balaban J connectivity index is 1.29. The first-order valence-electron chi connectivity index (χ1n) is 19.9. The molecule has 0 spiro atoms. The van der Waals surface area contributed by atoms with Gasteiger partial charge in [-0.2, -0.15) is 0 Å². The van der Waals surface area contributed by atoms with E-state index in [1.54, 1.807) is 0 Å². The Bertz CT molecular complexity index is 2720. The number of benzene rings is 5. The van der Waals surface area contributed by atoms with E-state index in [1.165, 1.54) is 69.1 Å². The molecule has 6 nitrogen and oxygen atoms in total. The van der Waals surface area contributed by atoms with Gasteiger partial charge in [0.2, 0.25) is 13.6 Å². The molecule has 0 aliphatic carbocycles. The lowest BCUT2D eigenvalue weighted by Crippen LogP contribution is -2.59. The van der Waals surface area contributed by atoms with Gasteiger partial charge in [-0.3, -0.25) is 0 Å². The highest BCUT2D eigenvalue weighted by Gasteiger charge is 2.48. The topological polar surface area (TPSA) is 43.4 Å². The predicted octanol–water partition coefficient (Wildman–Crippen LogP) is 11.5. The minimum Gasteiger partial charge on any atom is -0.454 e. The average molecular weight is 789 g/mol. The standard InChI is InChI=1S/C48H45BN2O4S2/c1-24-18-34-43(54-22-52-34)26(3)39(24)50-32-12-11-13-33-38(32)49(45-41(50)30-20-28(47(5,6)7)14-16-36(30)56-45)46-42(31-21-29(48(8,9)10)15-17-37(31)57-46)51(33)40-25(2)19-35-44(27(40)4)55-23-53-35/h11-21H,22-23H2,1-10H3. The highest BCUT2D eigenvalue weighted by atomic mass is 32.1. The molecular weight excluding hydrogens is 743 g/mol. The summed E-state index contributed by atoms with van der Waals surface area (Å²) in [4.78, 5) is 5.13. The highest BCUT2D eigenvalue weighted by molar-refractivity contribution is 7.40. The zero-order valence-corrected chi connectivity index (χ0v) is 35.8. The van der Waals surface area contributed by atoms with Gasteiger partial charge in [-0.15, -0.1) is 22.7 Å². The highest BCUT2D eigenvalue weighted by Crippen LogP contribution is 2.55. The number of aryl methyl sites for hydroxylation is 2. The van der Waals surface area contributed by atoms with Gasteiger partial charge < -0.3 is 28.7 Å². The average Bonchev–Trinajstić information content (AvgIpc) is 3.97. The number of fused-ring (bicyclic) bond motifs is 10. The SMILES string of the molecule is Cc1cc2c(c(C)c1N1c3cccc4c3B(c3sc5ccc(C(C)(C)C)cc5c31)c1sc3ccc(C(C)(C)C)cc3c1N4c1c(C)cc3c(c1C)OCO3)OCO2. The fourth-order valence-corrected chi connectivity index (χ4v) is 12.4. The lowest BCUT2D eigenvalue weighted by molar-refractivity contribution is 0.173. The maximum atomic E-state index is 6.18. The van der Waals surface area contributed by atoms with Crippen molar-refractivity contribution in [1.82, 2.24) is 0 Å². The van der Waals surface area contributed by atoms with Crippen molar-refractivity contribution in [2.45, 2.75) is 80.1 Å². The summed E-state index contributed by atoms with van der Waals surface area (Å²) in [6, 6.07) is 25.5. The number of thiophene rings is 2. The maximum absolute atomic E-state index is 6.18. The van der Waals surface area contributed by atoms with E-state index in [2.05, 4.69) is 146 Å². The molecule has 0 fully saturated rings. The van der Waals surface area contributed by atoms with Crippen molar-refractivity contribution >= 4 is 98.7 Å². The molecule has 7 aromatic rings. The summed E-state index contributed by atoms with van der Waals surface area (Å²) in [5, 5.41) is 2.58. The number of rotatable bonds is 2. The van der Waals surface area contributed by atoms with Gasteiger partial charge in [-0.1, -0.05) is 59.7 Å². The molecule has 0 saturated heterocycles. The van der Waals surface area contributed by atoms with E-state index in [4.69, 9.17) is 18.9 Å². The molecule has 57 heavy (non-hydrogen) atoms. The molecule has 0 saturated carbocycles. The van der Waals surface area contributed by atoms with Crippen molar-refractivity contribution in [1.29, 1.82) is 0 Å². The van der Waals surface area contributed by atoms with Crippen LogP contribution in [0.2, 0.25) is 0 Å². The fraction of sp³-hybridized carbons (Fsp3) is 0.292. The number of nitrogens with zero attached hydrogens (tertiary/aromatic N) is 2. The predicted molar refractivity (Wildman–Crippen MR) is 240 cm³/mol. The van der Waals surface area contributed by atoms with Crippen LogP contribution in [0.5, 0.6) is 23.0 Å². The van der Waals surface area contributed by atoms with Gasteiger partial charge in [0.05, 0.1) is 22.7 Å². The minimum absolute atomic E-state index is 0.00670. The zero-order chi connectivity index (χ0) is 39.4. The Morgan fingerprint density at radius 2 is 0.982 bits per heavy atom. The molecule has 5 aromatic carbocycles. The van der Waals surface area contributed by atoms with Gasteiger partial charge >= 0.3 is 0 Å². The summed E-state index contributed by atoms with van der Waals surface area (Å²) in [5.41, 5.74) is 15.6. The largest absolute Gasteiger partial charge is 0.454 e. The lowest BCUT2D eigenvalue weighted by atomic mass is 9.39. The summed E-state index contributed by atoms with van der Waals surface area (Å²) in [5.74, 6) is 3.28. The van der Waals surface area contributed by atoms with Gasteiger partial charge in [0.25, 0.3) is 6.71 Å². The summed E-state index contributed by atoms with van der Waals surface area (Å²) in [6.45, 7) is 23.2. The van der Waals surface area contributed by atoms with Crippen LogP contribution in [0.25, 0.3) is 20.2 Å². The van der Waals surface area contributed by atoms with Crippen LogP contribution in [-0.2, 0) is 10.8 Å². The number of anilines is 6. The van der Waals surface area contributed by atoms with Gasteiger partial charge in [0.15, 0.2) is 23.0 Å². The fourth-order valence-electron chi connectivity index (χ4n) is 9.71. The monoisotopic (exact) mass is 788 g/mol. The molecule has 0 radical (unpaired) electrons. The maximum Gasteiger partial charge on any atom is 0.277 e. The van der Waals surface area contributed by atoms with Crippen LogP contribution in [0.3, 0.4) is 0 Å². The minimum atomic E-state index is -0.00670. The molecular formula is C48H45BN2O4S2. The Morgan fingerprint density at radius 1 is 0.544 bits per heavy atom. The third-order valence-electron chi connectivity index (χ3n) is 12.5. The van der Waals surface area contributed by atoms with Crippen LogP contribution in [0.15, 0.2) is 66.7 Å². The van der Waals surface area contributed by atoms with Gasteiger partial charge in [-0.05, 0) is 115 Å². The summed E-state index contributed by atoms with van der Waals surface area (Å²) in [7, 11) is 0. The lowest BCUT2D eigenvalue weighted by Gasteiger charge is -2.43. The van der Waals surface area contributed by atoms with Crippen molar-refractivity contribution in [2.24, 2.45) is 0 Å². The quantitative estimate of drug-likeness (QED) is 0.163. The molecule has 0 amide bonds. The van der Waals surface area contributed by atoms with Crippen molar-refractivity contribution in [3.8, 4) is 23.0 Å². The van der Waals surface area contributed by atoms with Crippen LogP contribution >= 0.6 is 22.7 Å². The number of ether oxygens (including phenoxy) is 4. The van der Waals surface area contributed by atoms with Crippen LogP contribution in [0.1, 0.15) is 74.9 Å². The molecule has 0 atom stereocenters. The van der Waals surface area contributed by atoms with E-state index in [0.717, 1.165) is 56.6 Å². The molecule has 9 heteroatoms. The third kappa shape index (κ3) is 4.82. The first-order chi connectivity index (χ1) is 27.2. The van der Waals surface area contributed by atoms with E-state index in [-0.39, 0.29) is 31.1 Å². The molecule has 0 N–H and O–H groups in total. The van der Waals surface area contributed by atoms with Crippen LogP contribution in [0, 0.1) is 27.7 Å². The van der Waals surface area contributed by atoms with Crippen LogP contribution in [-0.4, -0.2) is 20.3 Å². The zero-order valence-electron chi connectivity index (χ0n) is 34.2. The summed E-state index contributed by atoms with van der Waals surface area (Å²) in [6.07, 6.45) is 0. The Morgan fingerprint density at radius 3 is 1.40 bits per heavy atom. The third-order valence-corrected chi connectivity index (χ3v) is 14.9. The second kappa shape index (κ2) is 11.7. The van der Waals surface area contributed by atoms with Crippen LogP contribution < -0.4 is 43.8 Å². The molecule has 0 bridgehead atoms. The molecule has 0 unspecified atom stereocenters. The molecule has 286 valence electrons. The van der Waals surface area contributed by atoms with Crippen molar-refractivity contribution in [2.75, 3.05) is 23.4 Å². The van der Waals surface area contributed by atoms with Crippen molar-refractivity contribution < 1.29 is 18.9 Å². The van der Waals surface area contributed by atoms with Gasteiger partial charge in [0, 0.05) is 52.2 Å². The Kier molecular flexibility index (Phi) is 7.22. The number of hydrogen-bond donors (Lipinski definition) is 0. The second-order valence-electron chi connectivity index (χ2n) is 18.2. The molecule has 11 rings (SSSR count). The summed E-state index contributed by atoms with van der Waals surface area (Å²) >= 11 is 3.90. The number of hydrogen-bond acceptors (Lipinski definition) is 8. The first-order valence-corrected chi connectivity index (χ1v) is 21.5. The van der Waals surface area contributed by atoms with Gasteiger partial charge in [0.1, 0.15) is 0 Å². The van der Waals surface area contributed by atoms with E-state index in [9.17, 15) is 0 Å². The van der Waals surface area contributed by atoms with Crippen LogP contribution in [0.4, 0.5) is 34.1 Å². The van der Waals surface area contributed by atoms with Gasteiger partial charge in [-0.25, -0.2) is 0 Å². The van der Waals surface area contributed by atoms with E-state index < -0.39 is 0 Å². The molecule has 4 aliphatic heterocycles. The summed E-state index contributed by atoms with van der Waals surface area (Å²) < 4.78 is 29.6. The Labute approximate surface area is 342 Å². The first kappa shape index (κ1) is 35.1. The smallest absolute Gasteiger partial charge is 0.277 e. The van der Waals surface area contributed by atoms with E-state index >= 15 is 0 Å². The molecule has 4 aliphatic rings. The molecule has 6 heterocycles. The van der Waals surface area contributed by atoms with Crippen molar-refractivity contribution in [3.63, 3.8) is 0 Å². The second-order valence-corrected chi connectivity index (χ2v) is 20.3. The molecule has 2 aromatic heterocycles. The van der Waals surface area contributed by atoms with E-state index in [1.807, 2.05) is 22.7 Å². The van der Waals surface area contributed by atoms with E-state index in [0.29, 0.717) is 0 Å². The Hall–Kier alpha value is -5.12. The van der Waals surface area contributed by atoms with Crippen molar-refractivity contribution in [3.05, 3.63) is 100 Å². The normalized spacial score (nSPS) is 15.2.